The molecule has 6 heteroatoms. The summed E-state index contributed by atoms with van der Waals surface area (Å²) in [7, 11) is 1.35. The Balaban J connectivity index is 1.90. The lowest BCUT2D eigenvalue weighted by atomic mass is 10.1. The number of benzene rings is 1. The number of esters is 1. The molecule has 6 nitrogen and oxygen atoms in total. The smallest absolute Gasteiger partial charge is 0.340 e. The Morgan fingerprint density at radius 2 is 2.25 bits per heavy atom. The third-order valence-electron chi connectivity index (χ3n) is 3.55. The second kappa shape index (κ2) is 4.88. The second-order valence-corrected chi connectivity index (χ2v) is 4.72. The molecule has 0 saturated carbocycles. The van der Waals surface area contributed by atoms with E-state index in [1.54, 1.807) is 12.1 Å². The lowest BCUT2D eigenvalue weighted by molar-refractivity contribution is 0.0602. The summed E-state index contributed by atoms with van der Waals surface area (Å²) >= 11 is 0. The minimum atomic E-state index is -0.414. The van der Waals surface area contributed by atoms with Gasteiger partial charge in [-0.25, -0.2) is 9.78 Å². The Morgan fingerprint density at radius 3 is 3.05 bits per heavy atom. The van der Waals surface area contributed by atoms with E-state index in [2.05, 4.69) is 14.5 Å². The van der Waals surface area contributed by atoms with Crippen LogP contribution in [0.3, 0.4) is 0 Å². The number of imidazole rings is 1. The van der Waals surface area contributed by atoms with Gasteiger partial charge >= 0.3 is 5.97 Å². The normalized spacial score (nSPS) is 13.9. The zero-order chi connectivity index (χ0) is 14.1. The molecule has 0 fully saturated rings. The third kappa shape index (κ3) is 2.09. The van der Waals surface area contributed by atoms with Crippen LogP contribution in [0.25, 0.3) is 0 Å². The van der Waals surface area contributed by atoms with Crippen molar-refractivity contribution in [2.24, 2.45) is 0 Å². The summed E-state index contributed by atoms with van der Waals surface area (Å²) in [6.45, 7) is 2.47. The fourth-order valence-corrected chi connectivity index (χ4v) is 2.42. The SMILES string of the molecule is COC(=O)c1cc(N2CCn3ccnc3C2)ccc1N. The summed E-state index contributed by atoms with van der Waals surface area (Å²) in [6, 6.07) is 5.43. The van der Waals surface area contributed by atoms with Gasteiger partial charge in [0.15, 0.2) is 0 Å². The highest BCUT2D eigenvalue weighted by atomic mass is 16.5. The molecule has 1 aromatic heterocycles. The highest BCUT2D eigenvalue weighted by Gasteiger charge is 2.19. The summed E-state index contributed by atoms with van der Waals surface area (Å²) in [5.74, 6) is 0.607. The van der Waals surface area contributed by atoms with E-state index in [9.17, 15) is 4.79 Å². The first-order valence-electron chi connectivity index (χ1n) is 6.42. The number of ether oxygens (including phenoxy) is 1. The van der Waals surface area contributed by atoms with Gasteiger partial charge in [-0.15, -0.1) is 0 Å². The quantitative estimate of drug-likeness (QED) is 0.658. The summed E-state index contributed by atoms with van der Waals surface area (Å²) in [5, 5.41) is 0. The molecule has 2 aromatic rings. The van der Waals surface area contributed by atoms with Crippen molar-refractivity contribution in [3.05, 3.63) is 42.0 Å². The van der Waals surface area contributed by atoms with Gasteiger partial charge in [-0.3, -0.25) is 0 Å². The number of nitrogens with zero attached hydrogens (tertiary/aromatic N) is 3. The molecule has 2 heterocycles. The number of aromatic nitrogens is 2. The van der Waals surface area contributed by atoms with E-state index in [0.717, 1.165) is 31.1 Å². The Hall–Kier alpha value is -2.50. The fraction of sp³-hybridized carbons (Fsp3) is 0.286. The number of carbonyl (C=O) groups is 1. The Bertz CT molecular complexity index is 650. The molecule has 2 N–H and O–H groups in total. The van der Waals surface area contributed by atoms with Gasteiger partial charge in [-0.1, -0.05) is 0 Å². The molecule has 1 aliphatic heterocycles. The van der Waals surface area contributed by atoms with Gasteiger partial charge in [-0.05, 0) is 18.2 Å². The maximum atomic E-state index is 11.7. The zero-order valence-corrected chi connectivity index (χ0v) is 11.2. The molecule has 0 amide bonds. The van der Waals surface area contributed by atoms with Gasteiger partial charge < -0.3 is 19.9 Å². The van der Waals surface area contributed by atoms with E-state index in [4.69, 9.17) is 10.5 Å². The number of anilines is 2. The average molecular weight is 272 g/mol. The van der Waals surface area contributed by atoms with Gasteiger partial charge in [0.05, 0.1) is 19.2 Å². The van der Waals surface area contributed by atoms with Crippen LogP contribution >= 0.6 is 0 Å². The van der Waals surface area contributed by atoms with Crippen molar-refractivity contribution in [3.63, 3.8) is 0 Å². The van der Waals surface area contributed by atoms with E-state index in [-0.39, 0.29) is 0 Å². The lowest BCUT2D eigenvalue weighted by Crippen LogP contribution is -2.33. The van der Waals surface area contributed by atoms with Gasteiger partial charge in [0.25, 0.3) is 0 Å². The van der Waals surface area contributed by atoms with Crippen LogP contribution in [0.4, 0.5) is 11.4 Å². The number of nitrogen functional groups attached to an aromatic ring is 1. The number of hydrogen-bond donors (Lipinski definition) is 1. The molecule has 1 aliphatic rings. The van der Waals surface area contributed by atoms with Gasteiger partial charge in [0.2, 0.25) is 0 Å². The summed E-state index contributed by atoms with van der Waals surface area (Å²) in [5.41, 5.74) is 7.60. The first-order chi connectivity index (χ1) is 9.69. The molecule has 0 saturated heterocycles. The average Bonchev–Trinajstić information content (AvgIpc) is 2.94. The lowest BCUT2D eigenvalue weighted by Gasteiger charge is -2.30. The molecular weight excluding hydrogens is 256 g/mol. The molecule has 1 aromatic carbocycles. The van der Waals surface area contributed by atoms with Crippen LogP contribution in [-0.2, 0) is 17.8 Å². The van der Waals surface area contributed by atoms with E-state index < -0.39 is 5.97 Å². The van der Waals surface area contributed by atoms with Crippen molar-refractivity contribution in [1.29, 1.82) is 0 Å². The molecule has 0 unspecified atom stereocenters. The molecule has 0 spiro atoms. The van der Waals surface area contributed by atoms with E-state index in [1.807, 2.05) is 18.5 Å². The molecule has 0 aliphatic carbocycles. The van der Waals surface area contributed by atoms with Crippen LogP contribution in [0, 0.1) is 0 Å². The van der Waals surface area contributed by atoms with Crippen LogP contribution in [0.1, 0.15) is 16.2 Å². The van der Waals surface area contributed by atoms with E-state index >= 15 is 0 Å². The summed E-state index contributed by atoms with van der Waals surface area (Å²) in [4.78, 5) is 18.2. The van der Waals surface area contributed by atoms with Crippen LogP contribution in [0.15, 0.2) is 30.6 Å². The van der Waals surface area contributed by atoms with E-state index in [1.165, 1.54) is 7.11 Å². The van der Waals surface area contributed by atoms with Crippen molar-refractivity contribution in [3.8, 4) is 0 Å². The number of hydrogen-bond acceptors (Lipinski definition) is 5. The predicted molar refractivity (Wildman–Crippen MR) is 75.5 cm³/mol. The molecule has 0 radical (unpaired) electrons. The first kappa shape index (κ1) is 12.5. The van der Waals surface area contributed by atoms with Crippen LogP contribution in [0.5, 0.6) is 0 Å². The van der Waals surface area contributed by atoms with Crippen molar-refractivity contribution >= 4 is 17.3 Å². The summed E-state index contributed by atoms with van der Waals surface area (Å²) < 4.78 is 6.88. The number of carbonyl (C=O) groups excluding carboxylic acids is 1. The van der Waals surface area contributed by atoms with Gasteiger partial charge in [-0.2, -0.15) is 0 Å². The van der Waals surface area contributed by atoms with Crippen LogP contribution in [-0.4, -0.2) is 29.2 Å². The molecule has 0 bridgehead atoms. The van der Waals surface area contributed by atoms with Crippen molar-refractivity contribution in [1.82, 2.24) is 9.55 Å². The number of nitrogens with two attached hydrogens (primary N) is 1. The minimum absolute atomic E-state index is 0.402. The molecule has 3 rings (SSSR count). The van der Waals surface area contributed by atoms with Crippen molar-refractivity contribution in [2.75, 3.05) is 24.3 Å². The number of methoxy groups -OCH3 is 1. The number of fused-ring (bicyclic) bond motifs is 1. The Labute approximate surface area is 116 Å². The first-order valence-corrected chi connectivity index (χ1v) is 6.42. The molecular formula is C14H16N4O2. The number of rotatable bonds is 2. The van der Waals surface area contributed by atoms with Crippen molar-refractivity contribution < 1.29 is 9.53 Å². The van der Waals surface area contributed by atoms with Crippen molar-refractivity contribution in [2.45, 2.75) is 13.1 Å². The highest BCUT2D eigenvalue weighted by Crippen LogP contribution is 2.25. The third-order valence-corrected chi connectivity index (χ3v) is 3.55. The van der Waals surface area contributed by atoms with Crippen LogP contribution < -0.4 is 10.6 Å². The van der Waals surface area contributed by atoms with Gasteiger partial charge in [0.1, 0.15) is 5.82 Å². The second-order valence-electron chi connectivity index (χ2n) is 4.72. The fourth-order valence-electron chi connectivity index (χ4n) is 2.42. The summed E-state index contributed by atoms with van der Waals surface area (Å²) in [6.07, 6.45) is 3.79. The monoisotopic (exact) mass is 272 g/mol. The molecule has 104 valence electrons. The topological polar surface area (TPSA) is 73.4 Å². The maximum Gasteiger partial charge on any atom is 0.340 e. The zero-order valence-electron chi connectivity index (χ0n) is 11.2. The molecule has 0 atom stereocenters. The Morgan fingerprint density at radius 1 is 1.40 bits per heavy atom. The minimum Gasteiger partial charge on any atom is -0.465 e. The predicted octanol–water partition coefficient (Wildman–Crippen LogP) is 1.27. The molecule has 20 heavy (non-hydrogen) atoms. The maximum absolute atomic E-state index is 11.7. The Kier molecular flexibility index (Phi) is 3.06. The highest BCUT2D eigenvalue weighted by molar-refractivity contribution is 5.96. The standard InChI is InChI=1S/C14H16N4O2/c1-20-14(19)11-8-10(2-3-12(11)15)18-7-6-17-5-4-16-13(17)9-18/h2-5,8H,6-7,9,15H2,1H3. The van der Waals surface area contributed by atoms with Crippen LogP contribution in [0.2, 0.25) is 0 Å². The van der Waals surface area contributed by atoms with E-state index in [0.29, 0.717) is 11.3 Å². The largest absolute Gasteiger partial charge is 0.465 e. The van der Waals surface area contributed by atoms with Gasteiger partial charge in [0, 0.05) is 36.9 Å².